The van der Waals surface area contributed by atoms with Crippen LogP contribution in [0.2, 0.25) is 5.02 Å². The fourth-order valence-electron chi connectivity index (χ4n) is 2.18. The number of aryl methyl sites for hydroxylation is 1. The minimum absolute atomic E-state index is 0.0168. The minimum atomic E-state index is -0.0168. The van der Waals surface area contributed by atoms with Gasteiger partial charge >= 0.3 is 0 Å². The molecular weight excluding hydrogens is 360 g/mol. The van der Waals surface area contributed by atoms with Crippen molar-refractivity contribution < 1.29 is 9.21 Å². The van der Waals surface area contributed by atoms with Crippen LogP contribution in [0.1, 0.15) is 11.5 Å². The van der Waals surface area contributed by atoms with Crippen LogP contribution in [0.15, 0.2) is 46.0 Å². The number of furan rings is 1. The number of amides is 1. The first-order valence-corrected chi connectivity index (χ1v) is 8.98. The molecule has 0 radical (unpaired) electrons. The topological polar surface area (TPSA) is 75.0 Å². The first-order chi connectivity index (χ1) is 12.0. The Bertz CT molecular complexity index is 860. The number of hydrogen-bond acceptors (Lipinski definition) is 5. The molecule has 3 rings (SSSR count). The van der Waals surface area contributed by atoms with Gasteiger partial charge < -0.3 is 9.32 Å². The lowest BCUT2D eigenvalue weighted by atomic mass is 10.2. The van der Waals surface area contributed by atoms with Gasteiger partial charge in [0.25, 0.3) is 0 Å². The highest BCUT2D eigenvalue weighted by atomic mass is 35.5. The van der Waals surface area contributed by atoms with E-state index in [2.05, 4.69) is 15.2 Å². The van der Waals surface area contributed by atoms with E-state index in [0.29, 0.717) is 22.5 Å². The van der Waals surface area contributed by atoms with Gasteiger partial charge in [0.05, 0.1) is 12.3 Å². The number of thioether (sulfide) groups is 1. The molecule has 0 aliphatic rings. The van der Waals surface area contributed by atoms with Crippen LogP contribution in [0.4, 0.5) is 0 Å². The molecule has 0 spiro atoms. The third-order valence-electron chi connectivity index (χ3n) is 3.52. The van der Waals surface area contributed by atoms with E-state index in [9.17, 15) is 4.79 Å². The second-order valence-corrected chi connectivity index (χ2v) is 6.90. The summed E-state index contributed by atoms with van der Waals surface area (Å²) in [6, 6.07) is 11.1. The summed E-state index contributed by atoms with van der Waals surface area (Å²) < 4.78 is 5.49. The van der Waals surface area contributed by atoms with Gasteiger partial charge in [0.15, 0.2) is 5.82 Å². The molecule has 8 heteroatoms. The molecule has 6 nitrogen and oxygen atoms in total. The van der Waals surface area contributed by atoms with Crippen molar-refractivity contribution in [1.82, 2.24) is 20.1 Å². The van der Waals surface area contributed by atoms with E-state index in [-0.39, 0.29) is 11.7 Å². The minimum Gasteiger partial charge on any atom is -0.464 e. The van der Waals surface area contributed by atoms with Crippen molar-refractivity contribution in [3.8, 4) is 11.4 Å². The van der Waals surface area contributed by atoms with Crippen molar-refractivity contribution in [2.45, 2.75) is 18.6 Å². The number of carbonyl (C=O) groups excluding carboxylic acids is 1. The Balaban J connectivity index is 1.54. The molecule has 1 amide bonds. The number of rotatable bonds is 6. The Morgan fingerprint density at radius 1 is 1.28 bits per heavy atom. The van der Waals surface area contributed by atoms with E-state index in [0.717, 1.165) is 17.1 Å². The van der Waals surface area contributed by atoms with Gasteiger partial charge in [-0.15, -0.1) is 5.10 Å². The lowest BCUT2D eigenvalue weighted by Gasteiger charge is -2.14. The number of nitrogens with one attached hydrogen (secondary N) is 1. The number of halogens is 1. The molecular formula is C17H17ClN4O2S. The number of H-pyrrole nitrogens is 1. The summed E-state index contributed by atoms with van der Waals surface area (Å²) in [6.07, 6.45) is 0. The van der Waals surface area contributed by atoms with Gasteiger partial charge in [-0.25, -0.2) is 4.98 Å². The fraction of sp³-hybridized carbons (Fsp3) is 0.235. The van der Waals surface area contributed by atoms with Crippen LogP contribution >= 0.6 is 23.4 Å². The van der Waals surface area contributed by atoms with Crippen LogP contribution < -0.4 is 0 Å². The molecule has 0 unspecified atom stereocenters. The molecule has 130 valence electrons. The molecule has 2 aromatic heterocycles. The lowest BCUT2D eigenvalue weighted by molar-refractivity contribution is -0.127. The summed E-state index contributed by atoms with van der Waals surface area (Å²) in [5, 5.41) is 8.20. The van der Waals surface area contributed by atoms with Crippen LogP contribution in [0.5, 0.6) is 0 Å². The summed E-state index contributed by atoms with van der Waals surface area (Å²) in [6.45, 7) is 2.32. The average molecular weight is 377 g/mol. The van der Waals surface area contributed by atoms with Gasteiger partial charge in [-0.3, -0.25) is 9.89 Å². The highest BCUT2D eigenvalue weighted by Gasteiger charge is 2.14. The molecule has 0 saturated heterocycles. The maximum atomic E-state index is 12.2. The number of aromatic amines is 1. The van der Waals surface area contributed by atoms with Crippen molar-refractivity contribution in [2.24, 2.45) is 0 Å². The lowest BCUT2D eigenvalue weighted by Crippen LogP contribution is -2.27. The molecule has 0 bridgehead atoms. The molecule has 3 aromatic rings. The Kier molecular flexibility index (Phi) is 5.45. The monoisotopic (exact) mass is 376 g/mol. The number of hydrogen-bond donors (Lipinski definition) is 1. The van der Waals surface area contributed by atoms with Gasteiger partial charge in [0.1, 0.15) is 11.5 Å². The summed E-state index contributed by atoms with van der Waals surface area (Å²) in [5.41, 5.74) is 0.889. The van der Waals surface area contributed by atoms with Gasteiger partial charge in [-0.1, -0.05) is 23.4 Å². The Labute approximate surface area is 154 Å². The van der Waals surface area contributed by atoms with Gasteiger partial charge in [0.2, 0.25) is 11.1 Å². The first-order valence-electron chi connectivity index (χ1n) is 7.61. The van der Waals surface area contributed by atoms with Gasteiger partial charge in [-0.05, 0) is 43.3 Å². The summed E-state index contributed by atoms with van der Waals surface area (Å²) in [4.78, 5) is 18.2. The van der Waals surface area contributed by atoms with Gasteiger partial charge in [0, 0.05) is 17.6 Å². The summed E-state index contributed by atoms with van der Waals surface area (Å²) >= 11 is 7.17. The number of benzene rings is 1. The molecule has 0 aliphatic heterocycles. The quantitative estimate of drug-likeness (QED) is 0.662. The smallest absolute Gasteiger partial charge is 0.233 e. The van der Waals surface area contributed by atoms with Crippen LogP contribution in [0.3, 0.4) is 0 Å². The highest BCUT2D eigenvalue weighted by Crippen LogP contribution is 2.21. The molecule has 0 saturated carbocycles. The number of carbonyl (C=O) groups is 1. The zero-order chi connectivity index (χ0) is 17.8. The van der Waals surface area contributed by atoms with Gasteiger partial charge in [-0.2, -0.15) is 0 Å². The number of nitrogens with zero attached hydrogens (tertiary/aromatic N) is 3. The number of aromatic nitrogens is 3. The Morgan fingerprint density at radius 3 is 2.72 bits per heavy atom. The standard InChI is InChI=1S/C17H17ClN4O2S/c1-11-3-8-14(24-11)9-22(2)15(23)10-25-17-19-16(20-21-17)12-4-6-13(18)7-5-12/h3-8H,9-10H2,1-2H3,(H,19,20,21). The van der Waals surface area contributed by atoms with Crippen LogP contribution in [-0.2, 0) is 11.3 Å². The molecule has 1 aromatic carbocycles. The molecule has 25 heavy (non-hydrogen) atoms. The van der Waals surface area contributed by atoms with Crippen molar-refractivity contribution in [3.63, 3.8) is 0 Å². The molecule has 0 atom stereocenters. The molecule has 1 N–H and O–H groups in total. The maximum absolute atomic E-state index is 12.2. The van der Waals surface area contributed by atoms with Crippen molar-refractivity contribution >= 4 is 29.3 Å². The van der Waals surface area contributed by atoms with E-state index in [4.69, 9.17) is 16.0 Å². The van der Waals surface area contributed by atoms with Crippen LogP contribution in [0.25, 0.3) is 11.4 Å². The van der Waals surface area contributed by atoms with Crippen LogP contribution in [-0.4, -0.2) is 38.8 Å². The Hall–Kier alpha value is -2.25. The Morgan fingerprint density at radius 2 is 2.04 bits per heavy atom. The third kappa shape index (κ3) is 4.64. The normalized spacial score (nSPS) is 10.8. The predicted molar refractivity (Wildman–Crippen MR) is 97.5 cm³/mol. The maximum Gasteiger partial charge on any atom is 0.233 e. The van der Waals surface area contributed by atoms with Crippen molar-refractivity contribution in [3.05, 3.63) is 52.9 Å². The molecule has 0 fully saturated rings. The molecule has 0 aliphatic carbocycles. The first kappa shape index (κ1) is 17.6. The average Bonchev–Trinajstić information content (AvgIpc) is 3.22. The largest absolute Gasteiger partial charge is 0.464 e. The van der Waals surface area contributed by atoms with E-state index < -0.39 is 0 Å². The van der Waals surface area contributed by atoms with E-state index >= 15 is 0 Å². The highest BCUT2D eigenvalue weighted by molar-refractivity contribution is 7.99. The summed E-state index contributed by atoms with van der Waals surface area (Å²) in [7, 11) is 1.75. The van der Waals surface area contributed by atoms with E-state index in [1.165, 1.54) is 11.8 Å². The second kappa shape index (κ2) is 7.76. The zero-order valence-electron chi connectivity index (χ0n) is 13.8. The third-order valence-corrected chi connectivity index (χ3v) is 4.61. The van der Waals surface area contributed by atoms with E-state index in [1.54, 1.807) is 24.1 Å². The molecule has 2 heterocycles. The van der Waals surface area contributed by atoms with Crippen LogP contribution in [0, 0.1) is 6.92 Å². The van der Waals surface area contributed by atoms with E-state index in [1.807, 2.05) is 31.2 Å². The zero-order valence-corrected chi connectivity index (χ0v) is 15.4. The SMILES string of the molecule is Cc1ccc(CN(C)C(=O)CSc2n[nH]c(-c3ccc(Cl)cc3)n2)o1. The fourth-order valence-corrected chi connectivity index (χ4v) is 3.04. The van der Waals surface area contributed by atoms with Crippen molar-refractivity contribution in [1.29, 1.82) is 0 Å². The van der Waals surface area contributed by atoms with Crippen molar-refractivity contribution in [2.75, 3.05) is 12.8 Å². The summed E-state index contributed by atoms with van der Waals surface area (Å²) in [5.74, 6) is 2.48. The second-order valence-electron chi connectivity index (χ2n) is 5.52. The predicted octanol–water partition coefficient (Wildman–Crippen LogP) is 3.78.